The highest BCUT2D eigenvalue weighted by Crippen LogP contribution is 2.30. The van der Waals surface area contributed by atoms with E-state index in [1.54, 1.807) is 24.3 Å². The predicted octanol–water partition coefficient (Wildman–Crippen LogP) is 4.78. The molecule has 0 aromatic heterocycles. The molecule has 0 saturated carbocycles. The number of amides is 2. The molecule has 2 amide bonds. The lowest BCUT2D eigenvalue weighted by Crippen LogP contribution is -2.54. The molecule has 0 aliphatic carbocycles. The fraction of sp³-hybridized carbons (Fsp3) is 0.333. The molecule has 2 atom stereocenters. The van der Waals surface area contributed by atoms with Crippen LogP contribution in [-0.4, -0.2) is 57.1 Å². The lowest BCUT2D eigenvalue weighted by molar-refractivity contribution is -0.140. The molecule has 0 radical (unpaired) electrons. The minimum Gasteiger partial charge on any atom is -0.495 e. The Bertz CT molecular complexity index is 1380. The van der Waals surface area contributed by atoms with Crippen molar-refractivity contribution in [2.75, 3.05) is 24.2 Å². The summed E-state index contributed by atoms with van der Waals surface area (Å²) in [6.45, 7) is 3.49. The molecule has 0 fully saturated rings. The number of hydrogen-bond donors (Lipinski definition) is 1. The molecule has 0 heterocycles. The maximum Gasteiger partial charge on any atom is 0.244 e. The first-order valence-corrected chi connectivity index (χ1v) is 15.7. The van der Waals surface area contributed by atoms with E-state index >= 15 is 0 Å². The van der Waals surface area contributed by atoms with Crippen LogP contribution in [0.15, 0.2) is 83.3 Å². The topological polar surface area (TPSA) is 96.0 Å². The van der Waals surface area contributed by atoms with E-state index in [9.17, 15) is 18.0 Å². The van der Waals surface area contributed by atoms with Crippen molar-refractivity contribution in [2.45, 2.75) is 45.3 Å². The Morgan fingerprint density at radius 3 is 2.17 bits per heavy atom. The standard InChI is InChI=1S/C30H36BrN3O5S/c1-5-22(2)32-30(36)27(19-23-11-7-6-8-12-23)33(20-24-15-17-25(31)18-16-24)29(35)21-34(40(4,37)38)26-13-9-10-14-28(26)39-3/h6-18,22,27H,5,19-21H2,1-4H3,(H,32,36)/t22-,27-/m0/s1. The van der Waals surface area contributed by atoms with Gasteiger partial charge in [-0.05, 0) is 48.7 Å². The maximum atomic E-state index is 14.1. The van der Waals surface area contributed by atoms with Gasteiger partial charge in [-0.1, -0.05) is 77.5 Å². The van der Waals surface area contributed by atoms with Gasteiger partial charge in [-0.15, -0.1) is 0 Å². The zero-order valence-corrected chi connectivity index (χ0v) is 25.6. The summed E-state index contributed by atoms with van der Waals surface area (Å²) >= 11 is 3.44. The highest BCUT2D eigenvalue weighted by atomic mass is 79.9. The maximum absolute atomic E-state index is 14.1. The van der Waals surface area contributed by atoms with E-state index in [0.717, 1.165) is 32.6 Å². The summed E-state index contributed by atoms with van der Waals surface area (Å²) < 4.78 is 33.2. The van der Waals surface area contributed by atoms with Gasteiger partial charge in [0.15, 0.2) is 0 Å². The number of hydrogen-bond acceptors (Lipinski definition) is 5. The van der Waals surface area contributed by atoms with Gasteiger partial charge < -0.3 is 15.0 Å². The summed E-state index contributed by atoms with van der Waals surface area (Å²) in [7, 11) is -2.45. The number of sulfonamides is 1. The molecule has 0 aliphatic heterocycles. The van der Waals surface area contributed by atoms with Gasteiger partial charge >= 0.3 is 0 Å². The highest BCUT2D eigenvalue weighted by molar-refractivity contribution is 9.10. The summed E-state index contributed by atoms with van der Waals surface area (Å²) in [5.74, 6) is -0.498. The van der Waals surface area contributed by atoms with Crippen molar-refractivity contribution in [2.24, 2.45) is 0 Å². The minimum atomic E-state index is -3.89. The van der Waals surface area contributed by atoms with Gasteiger partial charge in [0, 0.05) is 23.5 Å². The van der Waals surface area contributed by atoms with E-state index in [-0.39, 0.29) is 30.6 Å². The first-order chi connectivity index (χ1) is 19.0. The van der Waals surface area contributed by atoms with Crippen molar-refractivity contribution in [3.8, 4) is 5.75 Å². The second-order valence-electron chi connectivity index (χ2n) is 9.61. The zero-order valence-electron chi connectivity index (χ0n) is 23.2. The summed E-state index contributed by atoms with van der Waals surface area (Å²) in [5, 5.41) is 3.02. The molecule has 0 unspecified atom stereocenters. The molecule has 3 rings (SSSR count). The Labute approximate surface area is 245 Å². The molecule has 1 N–H and O–H groups in total. The largest absolute Gasteiger partial charge is 0.495 e. The van der Waals surface area contributed by atoms with Crippen molar-refractivity contribution >= 4 is 43.5 Å². The highest BCUT2D eigenvalue weighted by Gasteiger charge is 2.34. The second kappa shape index (κ2) is 14.3. The molecule has 3 aromatic carbocycles. The number of rotatable bonds is 13. The first kappa shape index (κ1) is 31.2. The Balaban J connectivity index is 2.07. The zero-order chi connectivity index (χ0) is 29.3. The SMILES string of the molecule is CC[C@H](C)NC(=O)[C@H](Cc1ccccc1)N(Cc1ccc(Br)cc1)C(=O)CN(c1ccccc1OC)S(C)(=O)=O. The van der Waals surface area contributed by atoms with E-state index in [1.807, 2.05) is 68.4 Å². The second-order valence-corrected chi connectivity index (χ2v) is 12.4. The number of halogens is 1. The third-order valence-electron chi connectivity index (χ3n) is 6.57. The average molecular weight is 631 g/mol. The van der Waals surface area contributed by atoms with Gasteiger partial charge in [-0.25, -0.2) is 8.42 Å². The Kier molecular flexibility index (Phi) is 11.2. The number of ether oxygens (including phenoxy) is 1. The van der Waals surface area contributed by atoms with Crippen molar-refractivity contribution in [1.29, 1.82) is 0 Å². The smallest absolute Gasteiger partial charge is 0.244 e. The third-order valence-corrected chi connectivity index (χ3v) is 8.23. The van der Waals surface area contributed by atoms with Gasteiger partial charge in [-0.2, -0.15) is 0 Å². The van der Waals surface area contributed by atoms with Crippen molar-refractivity contribution < 1.29 is 22.7 Å². The van der Waals surface area contributed by atoms with Crippen LogP contribution in [0.4, 0.5) is 5.69 Å². The molecular weight excluding hydrogens is 594 g/mol. The predicted molar refractivity (Wildman–Crippen MR) is 162 cm³/mol. The average Bonchev–Trinajstić information content (AvgIpc) is 2.94. The number of benzene rings is 3. The monoisotopic (exact) mass is 629 g/mol. The van der Waals surface area contributed by atoms with Crippen molar-refractivity contribution in [3.63, 3.8) is 0 Å². The van der Waals surface area contributed by atoms with Crippen LogP contribution in [0.2, 0.25) is 0 Å². The summed E-state index contributed by atoms with van der Waals surface area (Å²) in [4.78, 5) is 29.3. The van der Waals surface area contributed by atoms with Crippen LogP contribution >= 0.6 is 15.9 Å². The molecule has 0 saturated heterocycles. The molecule has 0 aliphatic rings. The minimum absolute atomic E-state index is 0.100. The third kappa shape index (κ3) is 8.56. The van der Waals surface area contributed by atoms with E-state index in [2.05, 4.69) is 21.2 Å². The van der Waals surface area contributed by atoms with Crippen LogP contribution in [0.1, 0.15) is 31.4 Å². The molecule has 0 bridgehead atoms. The van der Waals surface area contributed by atoms with Crippen molar-refractivity contribution in [3.05, 3.63) is 94.5 Å². The van der Waals surface area contributed by atoms with E-state index in [4.69, 9.17) is 4.74 Å². The van der Waals surface area contributed by atoms with E-state index < -0.39 is 28.5 Å². The summed E-state index contributed by atoms with van der Waals surface area (Å²) in [5.41, 5.74) is 1.92. The van der Waals surface area contributed by atoms with E-state index in [1.165, 1.54) is 12.0 Å². The van der Waals surface area contributed by atoms with Crippen LogP contribution in [-0.2, 0) is 32.6 Å². The number of carbonyl (C=O) groups excluding carboxylic acids is 2. The summed E-state index contributed by atoms with van der Waals surface area (Å²) in [6.07, 6.45) is 2.03. The van der Waals surface area contributed by atoms with Gasteiger partial charge in [0.05, 0.1) is 19.1 Å². The van der Waals surface area contributed by atoms with Gasteiger partial charge in [0.1, 0.15) is 18.3 Å². The fourth-order valence-electron chi connectivity index (χ4n) is 4.21. The van der Waals surface area contributed by atoms with Crippen LogP contribution in [0.25, 0.3) is 0 Å². The fourth-order valence-corrected chi connectivity index (χ4v) is 5.33. The number of para-hydroxylation sites is 2. The Hall–Kier alpha value is -3.37. The first-order valence-electron chi connectivity index (χ1n) is 13.0. The number of carbonyl (C=O) groups is 2. The van der Waals surface area contributed by atoms with Crippen LogP contribution in [0.5, 0.6) is 5.75 Å². The lowest BCUT2D eigenvalue weighted by atomic mass is 10.0. The molecular formula is C30H36BrN3O5S. The quantitative estimate of drug-likeness (QED) is 0.294. The molecule has 8 nitrogen and oxygen atoms in total. The number of anilines is 1. The molecule has 0 spiro atoms. The van der Waals surface area contributed by atoms with Gasteiger partial charge in [-0.3, -0.25) is 13.9 Å². The lowest BCUT2D eigenvalue weighted by Gasteiger charge is -2.34. The normalized spacial score (nSPS) is 12.7. The number of methoxy groups -OCH3 is 1. The number of nitrogens with zero attached hydrogens (tertiary/aromatic N) is 2. The van der Waals surface area contributed by atoms with Crippen LogP contribution in [0.3, 0.4) is 0 Å². The Morgan fingerprint density at radius 1 is 0.950 bits per heavy atom. The van der Waals surface area contributed by atoms with Crippen molar-refractivity contribution in [1.82, 2.24) is 10.2 Å². The molecule has 3 aromatic rings. The van der Waals surface area contributed by atoms with E-state index in [0.29, 0.717) is 5.75 Å². The molecule has 40 heavy (non-hydrogen) atoms. The Morgan fingerprint density at radius 2 is 1.57 bits per heavy atom. The van der Waals surface area contributed by atoms with Crippen LogP contribution in [0, 0.1) is 0 Å². The van der Waals surface area contributed by atoms with Gasteiger partial charge in [0.25, 0.3) is 0 Å². The van der Waals surface area contributed by atoms with Gasteiger partial charge in [0.2, 0.25) is 21.8 Å². The summed E-state index contributed by atoms with van der Waals surface area (Å²) in [6, 6.07) is 22.6. The molecule has 10 heteroatoms. The van der Waals surface area contributed by atoms with Crippen LogP contribution < -0.4 is 14.4 Å². The molecule has 214 valence electrons. The number of nitrogens with one attached hydrogen (secondary N) is 1.